The van der Waals surface area contributed by atoms with Crippen molar-refractivity contribution in [2.75, 3.05) is 0 Å². The summed E-state index contributed by atoms with van der Waals surface area (Å²) in [6.45, 7) is 0. The van der Waals surface area contributed by atoms with Crippen molar-refractivity contribution in [1.29, 1.82) is 0 Å². The summed E-state index contributed by atoms with van der Waals surface area (Å²) in [4.78, 5) is 0. The molecule has 98 valence electrons. The third-order valence-corrected chi connectivity index (χ3v) is 4.10. The molecule has 1 N–H and O–H groups in total. The summed E-state index contributed by atoms with van der Waals surface area (Å²) < 4.78 is 1.14. The number of rotatable bonds is 5. The van der Waals surface area contributed by atoms with Crippen LogP contribution in [0.5, 0.6) is 0 Å². The predicted octanol–water partition coefficient (Wildman–Crippen LogP) is 4.48. The summed E-state index contributed by atoms with van der Waals surface area (Å²) in [6, 6.07) is 20.6. The predicted molar refractivity (Wildman–Crippen MR) is 83.2 cm³/mol. The quantitative estimate of drug-likeness (QED) is 0.857. The highest BCUT2D eigenvalue weighted by Gasteiger charge is 2.25. The smallest absolute Gasteiger partial charge is 0.0363 e. The molecule has 1 fully saturated rings. The molecule has 0 heterocycles. The van der Waals surface area contributed by atoms with Crippen LogP contribution >= 0.6 is 15.9 Å². The average Bonchev–Trinajstić information content (AvgIpc) is 3.26. The maximum absolute atomic E-state index is 3.76. The fourth-order valence-corrected chi connectivity index (χ4v) is 2.61. The Hall–Kier alpha value is -1.12. The lowest BCUT2D eigenvalue weighted by Crippen LogP contribution is -2.25. The molecular formula is C17H18BrN. The van der Waals surface area contributed by atoms with Crippen molar-refractivity contribution in [2.24, 2.45) is 0 Å². The van der Waals surface area contributed by atoms with Crippen molar-refractivity contribution in [2.45, 2.75) is 31.3 Å². The molecule has 19 heavy (non-hydrogen) atoms. The third kappa shape index (κ3) is 3.68. The van der Waals surface area contributed by atoms with Gasteiger partial charge in [-0.05, 0) is 42.5 Å². The minimum atomic E-state index is 0.426. The summed E-state index contributed by atoms with van der Waals surface area (Å²) in [7, 11) is 0. The Morgan fingerprint density at radius 3 is 2.32 bits per heavy atom. The normalized spacial score (nSPS) is 16.3. The number of hydrogen-bond acceptors (Lipinski definition) is 1. The van der Waals surface area contributed by atoms with Crippen molar-refractivity contribution >= 4 is 15.9 Å². The van der Waals surface area contributed by atoms with E-state index < -0.39 is 0 Å². The van der Waals surface area contributed by atoms with E-state index >= 15 is 0 Å². The molecule has 2 aromatic carbocycles. The van der Waals surface area contributed by atoms with E-state index in [1.165, 1.54) is 24.0 Å². The SMILES string of the molecule is Brc1ccc(CC(NC2CC2)c2ccccc2)cc1. The Balaban J connectivity index is 1.77. The summed E-state index contributed by atoms with van der Waals surface area (Å²) in [6.07, 6.45) is 3.70. The molecule has 1 unspecified atom stereocenters. The van der Waals surface area contributed by atoms with Crippen molar-refractivity contribution in [3.63, 3.8) is 0 Å². The molecule has 2 aromatic rings. The molecule has 1 aliphatic carbocycles. The van der Waals surface area contributed by atoms with E-state index in [4.69, 9.17) is 0 Å². The van der Waals surface area contributed by atoms with E-state index in [0.29, 0.717) is 6.04 Å². The second-order valence-electron chi connectivity index (χ2n) is 5.23. The summed E-state index contributed by atoms with van der Waals surface area (Å²) >= 11 is 3.49. The number of halogens is 1. The second kappa shape index (κ2) is 5.89. The molecule has 3 rings (SSSR count). The largest absolute Gasteiger partial charge is 0.307 e. The van der Waals surface area contributed by atoms with Gasteiger partial charge < -0.3 is 5.32 Å². The summed E-state index contributed by atoms with van der Waals surface area (Å²) in [5.74, 6) is 0. The van der Waals surface area contributed by atoms with Gasteiger partial charge in [0.25, 0.3) is 0 Å². The van der Waals surface area contributed by atoms with Gasteiger partial charge in [-0.25, -0.2) is 0 Å². The first-order chi connectivity index (χ1) is 9.31. The van der Waals surface area contributed by atoms with E-state index in [9.17, 15) is 0 Å². The van der Waals surface area contributed by atoms with Crippen LogP contribution in [0.3, 0.4) is 0 Å². The molecule has 1 aliphatic rings. The van der Waals surface area contributed by atoms with Crippen LogP contribution in [0, 0.1) is 0 Å². The van der Waals surface area contributed by atoms with Crippen LogP contribution in [0.4, 0.5) is 0 Å². The van der Waals surface area contributed by atoms with Gasteiger partial charge in [0.1, 0.15) is 0 Å². The lowest BCUT2D eigenvalue weighted by atomic mass is 9.99. The van der Waals surface area contributed by atoms with Gasteiger partial charge in [-0.3, -0.25) is 0 Å². The van der Waals surface area contributed by atoms with Crippen LogP contribution in [0.2, 0.25) is 0 Å². The molecule has 1 atom stereocenters. The van der Waals surface area contributed by atoms with Crippen LogP contribution in [0.1, 0.15) is 30.0 Å². The highest BCUT2D eigenvalue weighted by molar-refractivity contribution is 9.10. The van der Waals surface area contributed by atoms with Crippen LogP contribution in [-0.4, -0.2) is 6.04 Å². The fraction of sp³-hybridized carbons (Fsp3) is 0.294. The van der Waals surface area contributed by atoms with E-state index in [-0.39, 0.29) is 0 Å². The standard InChI is InChI=1S/C17H18BrN/c18-15-8-6-13(7-9-15)12-17(19-16-10-11-16)14-4-2-1-3-5-14/h1-9,16-17,19H,10-12H2. The molecule has 0 aromatic heterocycles. The van der Waals surface area contributed by atoms with Crippen molar-refractivity contribution in [1.82, 2.24) is 5.32 Å². The van der Waals surface area contributed by atoms with Crippen molar-refractivity contribution < 1.29 is 0 Å². The molecular weight excluding hydrogens is 298 g/mol. The zero-order chi connectivity index (χ0) is 13.1. The highest BCUT2D eigenvalue weighted by atomic mass is 79.9. The molecule has 0 saturated heterocycles. The van der Waals surface area contributed by atoms with Gasteiger partial charge in [-0.15, -0.1) is 0 Å². The molecule has 1 nitrogen and oxygen atoms in total. The van der Waals surface area contributed by atoms with Crippen LogP contribution < -0.4 is 5.32 Å². The summed E-state index contributed by atoms with van der Waals surface area (Å²) in [5.41, 5.74) is 2.77. The first kappa shape index (κ1) is 12.9. The maximum atomic E-state index is 3.76. The van der Waals surface area contributed by atoms with Crippen LogP contribution in [-0.2, 0) is 6.42 Å². The van der Waals surface area contributed by atoms with Gasteiger partial charge in [0.2, 0.25) is 0 Å². The second-order valence-corrected chi connectivity index (χ2v) is 6.15. The maximum Gasteiger partial charge on any atom is 0.0363 e. The monoisotopic (exact) mass is 315 g/mol. The van der Waals surface area contributed by atoms with E-state index in [1.54, 1.807) is 0 Å². The van der Waals surface area contributed by atoms with Crippen molar-refractivity contribution in [3.05, 3.63) is 70.2 Å². The number of hydrogen-bond donors (Lipinski definition) is 1. The molecule has 0 radical (unpaired) electrons. The van der Waals surface area contributed by atoms with Crippen LogP contribution in [0.25, 0.3) is 0 Å². The van der Waals surface area contributed by atoms with Crippen molar-refractivity contribution in [3.8, 4) is 0 Å². The van der Waals surface area contributed by atoms with E-state index in [1.807, 2.05) is 0 Å². The number of nitrogens with one attached hydrogen (secondary N) is 1. The Morgan fingerprint density at radius 1 is 1.00 bits per heavy atom. The Kier molecular flexibility index (Phi) is 4.00. The minimum Gasteiger partial charge on any atom is -0.307 e. The lowest BCUT2D eigenvalue weighted by Gasteiger charge is -2.19. The third-order valence-electron chi connectivity index (χ3n) is 3.57. The van der Waals surface area contributed by atoms with Crippen LogP contribution in [0.15, 0.2) is 59.1 Å². The Bertz CT molecular complexity index is 517. The molecule has 1 saturated carbocycles. The van der Waals surface area contributed by atoms with Gasteiger partial charge in [-0.2, -0.15) is 0 Å². The number of benzene rings is 2. The lowest BCUT2D eigenvalue weighted by molar-refractivity contribution is 0.527. The van der Waals surface area contributed by atoms with Gasteiger partial charge in [0.15, 0.2) is 0 Å². The first-order valence-corrected chi connectivity index (χ1v) is 7.66. The van der Waals surface area contributed by atoms with E-state index in [0.717, 1.165) is 16.9 Å². The van der Waals surface area contributed by atoms with E-state index in [2.05, 4.69) is 75.8 Å². The minimum absolute atomic E-state index is 0.426. The highest BCUT2D eigenvalue weighted by Crippen LogP contribution is 2.26. The fourth-order valence-electron chi connectivity index (χ4n) is 2.35. The van der Waals surface area contributed by atoms with Gasteiger partial charge >= 0.3 is 0 Å². The molecule has 0 amide bonds. The van der Waals surface area contributed by atoms with Gasteiger partial charge in [-0.1, -0.05) is 58.4 Å². The topological polar surface area (TPSA) is 12.0 Å². The van der Waals surface area contributed by atoms with Gasteiger partial charge in [0, 0.05) is 16.6 Å². The van der Waals surface area contributed by atoms with Gasteiger partial charge in [0.05, 0.1) is 0 Å². The molecule has 0 bridgehead atoms. The molecule has 0 aliphatic heterocycles. The molecule has 0 spiro atoms. The zero-order valence-corrected chi connectivity index (χ0v) is 12.4. The zero-order valence-electron chi connectivity index (χ0n) is 10.9. The summed E-state index contributed by atoms with van der Waals surface area (Å²) in [5, 5.41) is 3.76. The average molecular weight is 316 g/mol. The molecule has 2 heteroatoms. The Morgan fingerprint density at radius 2 is 1.68 bits per heavy atom. The Labute approximate surface area is 123 Å². The first-order valence-electron chi connectivity index (χ1n) is 6.87.